The van der Waals surface area contributed by atoms with Crippen LogP contribution in [0.1, 0.15) is 11.1 Å². The summed E-state index contributed by atoms with van der Waals surface area (Å²) in [5.74, 6) is 1.35. The van der Waals surface area contributed by atoms with E-state index in [-0.39, 0.29) is 0 Å². The Labute approximate surface area is 151 Å². The molecule has 0 saturated heterocycles. The number of benzene rings is 2. The van der Waals surface area contributed by atoms with E-state index >= 15 is 0 Å². The standard InChI is InChI=1S/C19H18ClN5/c20-15-6-3-7-16(10-15)24-18-17(21)19(23-12-22-18)25-9-8-13-4-1-2-5-14(13)11-25/h1-7,10,12H,8-9,11,21H2,(H,22,23,24). The third-order valence-corrected chi connectivity index (χ3v) is 4.62. The predicted octanol–water partition coefficient (Wildman–Crippen LogP) is 4.02. The molecule has 126 valence electrons. The second-order valence-electron chi connectivity index (χ2n) is 6.04. The molecule has 0 amide bonds. The molecule has 0 radical (unpaired) electrons. The fourth-order valence-electron chi connectivity index (χ4n) is 3.12. The molecule has 0 bridgehead atoms. The van der Waals surface area contributed by atoms with Gasteiger partial charge < -0.3 is 16.0 Å². The molecule has 3 N–H and O–H groups in total. The first-order valence-corrected chi connectivity index (χ1v) is 8.53. The van der Waals surface area contributed by atoms with E-state index in [0.29, 0.717) is 16.5 Å². The summed E-state index contributed by atoms with van der Waals surface area (Å²) < 4.78 is 0. The van der Waals surface area contributed by atoms with Crippen LogP contribution in [-0.2, 0) is 13.0 Å². The van der Waals surface area contributed by atoms with Crippen LogP contribution in [0, 0.1) is 0 Å². The van der Waals surface area contributed by atoms with Crippen LogP contribution in [0.5, 0.6) is 0 Å². The number of rotatable bonds is 3. The molecule has 2 heterocycles. The molecule has 0 unspecified atom stereocenters. The zero-order chi connectivity index (χ0) is 17.2. The molecule has 1 aliphatic heterocycles. The Hall–Kier alpha value is -2.79. The van der Waals surface area contributed by atoms with Gasteiger partial charge in [0.15, 0.2) is 11.6 Å². The van der Waals surface area contributed by atoms with Gasteiger partial charge in [-0.2, -0.15) is 0 Å². The lowest BCUT2D eigenvalue weighted by Crippen LogP contribution is -2.31. The number of hydrogen-bond acceptors (Lipinski definition) is 5. The molecule has 1 aliphatic rings. The van der Waals surface area contributed by atoms with Crippen LogP contribution in [0.25, 0.3) is 0 Å². The van der Waals surface area contributed by atoms with Crippen LogP contribution in [0.15, 0.2) is 54.9 Å². The van der Waals surface area contributed by atoms with Gasteiger partial charge in [-0.05, 0) is 35.7 Å². The normalized spacial score (nSPS) is 13.4. The molecular formula is C19H18ClN5. The number of hydrogen-bond donors (Lipinski definition) is 2. The monoisotopic (exact) mass is 351 g/mol. The van der Waals surface area contributed by atoms with E-state index in [1.807, 2.05) is 24.3 Å². The van der Waals surface area contributed by atoms with Crippen molar-refractivity contribution in [3.05, 3.63) is 71.0 Å². The average molecular weight is 352 g/mol. The van der Waals surface area contributed by atoms with E-state index in [0.717, 1.165) is 31.0 Å². The summed E-state index contributed by atoms with van der Waals surface area (Å²) in [5, 5.41) is 3.88. The maximum atomic E-state index is 6.36. The van der Waals surface area contributed by atoms with Gasteiger partial charge in [-0.1, -0.05) is 41.9 Å². The summed E-state index contributed by atoms with van der Waals surface area (Å²) in [5.41, 5.74) is 10.4. The lowest BCUT2D eigenvalue weighted by Gasteiger charge is -2.30. The van der Waals surface area contributed by atoms with Crippen molar-refractivity contribution in [1.82, 2.24) is 9.97 Å². The number of halogens is 1. The number of fused-ring (bicyclic) bond motifs is 1. The second kappa shape index (κ2) is 6.61. The van der Waals surface area contributed by atoms with Gasteiger partial charge in [-0.15, -0.1) is 0 Å². The number of nitrogens with one attached hydrogen (secondary N) is 1. The quantitative estimate of drug-likeness (QED) is 0.746. The van der Waals surface area contributed by atoms with Crippen LogP contribution in [0.4, 0.5) is 23.0 Å². The highest BCUT2D eigenvalue weighted by Crippen LogP contribution is 2.32. The molecule has 0 fully saturated rings. The van der Waals surface area contributed by atoms with E-state index < -0.39 is 0 Å². The highest BCUT2D eigenvalue weighted by atomic mass is 35.5. The second-order valence-corrected chi connectivity index (χ2v) is 6.47. The van der Waals surface area contributed by atoms with Crippen LogP contribution < -0.4 is 16.0 Å². The van der Waals surface area contributed by atoms with Crippen molar-refractivity contribution in [2.75, 3.05) is 22.5 Å². The summed E-state index contributed by atoms with van der Waals surface area (Å²) in [6.07, 6.45) is 2.52. The maximum absolute atomic E-state index is 6.36. The molecule has 6 heteroatoms. The molecule has 3 aromatic rings. The Morgan fingerprint density at radius 3 is 2.72 bits per heavy atom. The van der Waals surface area contributed by atoms with Crippen molar-refractivity contribution >= 4 is 34.6 Å². The van der Waals surface area contributed by atoms with Gasteiger partial charge in [0.25, 0.3) is 0 Å². The molecular weight excluding hydrogens is 334 g/mol. The third kappa shape index (κ3) is 3.23. The van der Waals surface area contributed by atoms with Crippen LogP contribution >= 0.6 is 11.6 Å². The number of anilines is 4. The summed E-state index contributed by atoms with van der Waals surface area (Å²) >= 11 is 6.04. The highest BCUT2D eigenvalue weighted by molar-refractivity contribution is 6.30. The molecule has 25 heavy (non-hydrogen) atoms. The van der Waals surface area contributed by atoms with E-state index in [4.69, 9.17) is 17.3 Å². The first-order valence-electron chi connectivity index (χ1n) is 8.15. The van der Waals surface area contributed by atoms with E-state index in [1.54, 1.807) is 6.33 Å². The van der Waals surface area contributed by atoms with Crippen LogP contribution in [-0.4, -0.2) is 16.5 Å². The summed E-state index contributed by atoms with van der Waals surface area (Å²) in [7, 11) is 0. The van der Waals surface area contributed by atoms with Gasteiger partial charge in [0.1, 0.15) is 12.0 Å². The van der Waals surface area contributed by atoms with Gasteiger partial charge >= 0.3 is 0 Å². The number of aromatic nitrogens is 2. The van der Waals surface area contributed by atoms with Gasteiger partial charge in [-0.3, -0.25) is 0 Å². The third-order valence-electron chi connectivity index (χ3n) is 4.38. The summed E-state index contributed by atoms with van der Waals surface area (Å²) in [4.78, 5) is 10.9. The molecule has 0 aliphatic carbocycles. The fourth-order valence-corrected chi connectivity index (χ4v) is 3.31. The smallest absolute Gasteiger partial charge is 0.159 e. The molecule has 0 saturated carbocycles. The lowest BCUT2D eigenvalue weighted by atomic mass is 10.00. The lowest BCUT2D eigenvalue weighted by molar-refractivity contribution is 0.721. The van der Waals surface area contributed by atoms with Crippen molar-refractivity contribution in [2.45, 2.75) is 13.0 Å². The Morgan fingerprint density at radius 2 is 1.88 bits per heavy atom. The first-order chi connectivity index (χ1) is 12.2. The largest absolute Gasteiger partial charge is 0.393 e. The Morgan fingerprint density at radius 1 is 1.04 bits per heavy atom. The van der Waals surface area contributed by atoms with E-state index in [2.05, 4.69) is 44.5 Å². The minimum absolute atomic E-state index is 0.543. The number of nitrogen functional groups attached to an aromatic ring is 1. The van der Waals surface area contributed by atoms with E-state index in [1.165, 1.54) is 11.1 Å². The molecule has 5 nitrogen and oxygen atoms in total. The molecule has 1 aromatic heterocycles. The molecule has 0 spiro atoms. The van der Waals surface area contributed by atoms with Gasteiger partial charge in [-0.25, -0.2) is 9.97 Å². The number of nitrogens with zero attached hydrogens (tertiary/aromatic N) is 3. The predicted molar refractivity (Wildman–Crippen MR) is 102 cm³/mol. The minimum atomic E-state index is 0.543. The molecule has 0 atom stereocenters. The minimum Gasteiger partial charge on any atom is -0.393 e. The highest BCUT2D eigenvalue weighted by Gasteiger charge is 2.20. The summed E-state index contributed by atoms with van der Waals surface area (Å²) in [6, 6.07) is 16.0. The molecule has 4 rings (SSSR count). The Balaban J connectivity index is 1.61. The number of nitrogens with two attached hydrogens (primary N) is 1. The van der Waals surface area contributed by atoms with Gasteiger partial charge in [0, 0.05) is 23.8 Å². The zero-order valence-electron chi connectivity index (χ0n) is 13.6. The van der Waals surface area contributed by atoms with Crippen molar-refractivity contribution in [3.8, 4) is 0 Å². The Kier molecular flexibility index (Phi) is 4.15. The van der Waals surface area contributed by atoms with E-state index in [9.17, 15) is 0 Å². The van der Waals surface area contributed by atoms with Crippen molar-refractivity contribution in [3.63, 3.8) is 0 Å². The van der Waals surface area contributed by atoms with Crippen molar-refractivity contribution in [1.29, 1.82) is 0 Å². The SMILES string of the molecule is Nc1c(Nc2cccc(Cl)c2)ncnc1N1CCc2ccccc2C1. The summed E-state index contributed by atoms with van der Waals surface area (Å²) in [6.45, 7) is 1.68. The average Bonchev–Trinajstić information content (AvgIpc) is 2.63. The van der Waals surface area contributed by atoms with Gasteiger partial charge in [0.2, 0.25) is 0 Å². The van der Waals surface area contributed by atoms with Crippen molar-refractivity contribution in [2.24, 2.45) is 0 Å². The van der Waals surface area contributed by atoms with Crippen molar-refractivity contribution < 1.29 is 0 Å². The zero-order valence-corrected chi connectivity index (χ0v) is 14.4. The first kappa shape index (κ1) is 15.7. The molecule has 2 aromatic carbocycles. The van der Waals surface area contributed by atoms with Crippen LogP contribution in [0.2, 0.25) is 5.02 Å². The van der Waals surface area contributed by atoms with Crippen LogP contribution in [0.3, 0.4) is 0 Å². The topological polar surface area (TPSA) is 67.1 Å². The Bertz CT molecular complexity index is 912. The van der Waals surface area contributed by atoms with Gasteiger partial charge in [0.05, 0.1) is 0 Å². The maximum Gasteiger partial charge on any atom is 0.159 e. The fraction of sp³-hybridized carbons (Fsp3) is 0.158.